The van der Waals surface area contributed by atoms with Crippen LogP contribution in [0.3, 0.4) is 0 Å². The van der Waals surface area contributed by atoms with Crippen molar-refractivity contribution in [3.8, 4) is 45.5 Å². The summed E-state index contributed by atoms with van der Waals surface area (Å²) < 4.78 is 4.96. The van der Waals surface area contributed by atoms with Gasteiger partial charge in [0.25, 0.3) is 0 Å². The number of para-hydroxylation sites is 1. The van der Waals surface area contributed by atoms with Crippen molar-refractivity contribution < 1.29 is 0 Å². The molecule has 0 bridgehead atoms. The van der Waals surface area contributed by atoms with E-state index in [0.717, 1.165) is 60.6 Å². The van der Waals surface area contributed by atoms with E-state index in [1.54, 1.807) is 0 Å². The Balaban J connectivity index is 1.00. The summed E-state index contributed by atoms with van der Waals surface area (Å²) in [5.74, 6) is 1.89. The molecule has 0 fully saturated rings. The van der Waals surface area contributed by atoms with Crippen molar-refractivity contribution in [2.75, 3.05) is 0 Å². The monoisotopic (exact) mass is 889 g/mol. The van der Waals surface area contributed by atoms with Gasteiger partial charge in [0.05, 0.1) is 33.4 Å². The number of benzene rings is 12. The van der Waals surface area contributed by atoms with Gasteiger partial charge in [0.2, 0.25) is 0 Å². The molecule has 5 heteroatoms. The van der Waals surface area contributed by atoms with Gasteiger partial charge in [0.1, 0.15) is 0 Å². The van der Waals surface area contributed by atoms with Gasteiger partial charge in [-0.25, -0.2) is 15.0 Å². The van der Waals surface area contributed by atoms with Crippen molar-refractivity contribution in [2.24, 2.45) is 0 Å². The summed E-state index contributed by atoms with van der Waals surface area (Å²) in [7, 11) is 0. The number of hydrogen-bond acceptors (Lipinski definition) is 3. The van der Waals surface area contributed by atoms with Crippen LogP contribution >= 0.6 is 0 Å². The van der Waals surface area contributed by atoms with Crippen molar-refractivity contribution in [3.05, 3.63) is 237 Å². The summed E-state index contributed by atoms with van der Waals surface area (Å²) in [5, 5.41) is 16.5. The summed E-state index contributed by atoms with van der Waals surface area (Å²) in [6.07, 6.45) is 0. The van der Waals surface area contributed by atoms with E-state index in [1.165, 1.54) is 64.9 Å². The maximum absolute atomic E-state index is 5.41. The zero-order valence-electron chi connectivity index (χ0n) is 37.8. The van der Waals surface area contributed by atoms with E-state index in [1.807, 2.05) is 18.2 Å². The largest absolute Gasteiger partial charge is 0.309 e. The second-order valence-electron chi connectivity index (χ2n) is 18.3. The SMILES string of the molecule is c1ccc(-c2nc(-c3ccc(-n4c5cc6ccccc6cc5c5c(-n6c7ccccc7c7cc8ccccc8cc76)cccc54)c4ccccc34)nc(-c3cc4ccccc4c4ccccc34)n2)cc1. The lowest BCUT2D eigenvalue weighted by Gasteiger charge is -2.16. The first-order valence-corrected chi connectivity index (χ1v) is 23.8. The first-order chi connectivity index (χ1) is 34.7. The van der Waals surface area contributed by atoms with Gasteiger partial charge in [-0.05, 0) is 109 Å². The molecule has 0 unspecified atom stereocenters. The quantitative estimate of drug-likeness (QED) is 0.162. The molecule has 0 N–H and O–H groups in total. The first kappa shape index (κ1) is 38.6. The Hall–Kier alpha value is -9.45. The van der Waals surface area contributed by atoms with Gasteiger partial charge in [0, 0.05) is 43.6 Å². The maximum atomic E-state index is 5.41. The van der Waals surface area contributed by atoms with Gasteiger partial charge in [-0.2, -0.15) is 0 Å². The summed E-state index contributed by atoms with van der Waals surface area (Å²) in [6.45, 7) is 0. The molecule has 0 radical (unpaired) electrons. The summed E-state index contributed by atoms with van der Waals surface area (Å²) in [6, 6.07) is 85.3. The lowest BCUT2D eigenvalue weighted by molar-refractivity contribution is 1.08. The third-order valence-corrected chi connectivity index (χ3v) is 14.5. The van der Waals surface area contributed by atoms with E-state index in [-0.39, 0.29) is 0 Å². The minimum atomic E-state index is 0.623. The van der Waals surface area contributed by atoms with Crippen LogP contribution in [0.25, 0.3) is 143 Å². The molecule has 0 atom stereocenters. The summed E-state index contributed by atoms with van der Waals surface area (Å²) in [4.78, 5) is 15.9. The van der Waals surface area contributed by atoms with Gasteiger partial charge < -0.3 is 9.13 Å². The molecule has 3 heterocycles. The van der Waals surface area contributed by atoms with E-state index in [0.29, 0.717) is 17.5 Å². The minimum Gasteiger partial charge on any atom is -0.309 e. The second-order valence-corrected chi connectivity index (χ2v) is 18.3. The third-order valence-electron chi connectivity index (χ3n) is 14.5. The van der Waals surface area contributed by atoms with Crippen LogP contribution in [0.15, 0.2) is 237 Å². The third kappa shape index (κ3) is 5.76. The second kappa shape index (κ2) is 15.0. The van der Waals surface area contributed by atoms with Crippen LogP contribution in [0.4, 0.5) is 0 Å². The summed E-state index contributed by atoms with van der Waals surface area (Å²) >= 11 is 0. The van der Waals surface area contributed by atoms with Crippen molar-refractivity contribution in [2.45, 2.75) is 0 Å². The Labute approximate surface area is 401 Å². The average Bonchev–Trinajstić information content (AvgIpc) is 3.92. The Morgan fingerprint density at radius 2 is 0.743 bits per heavy atom. The molecule has 0 spiro atoms. The van der Waals surface area contributed by atoms with Crippen LogP contribution in [0.5, 0.6) is 0 Å². The predicted octanol–water partition coefficient (Wildman–Crippen LogP) is 16.8. The topological polar surface area (TPSA) is 48.5 Å². The number of aromatic nitrogens is 5. The van der Waals surface area contributed by atoms with Crippen molar-refractivity contribution in [3.63, 3.8) is 0 Å². The highest BCUT2D eigenvalue weighted by molar-refractivity contribution is 6.21. The lowest BCUT2D eigenvalue weighted by atomic mass is 9.96. The molecule has 0 amide bonds. The zero-order valence-corrected chi connectivity index (χ0v) is 37.8. The number of hydrogen-bond donors (Lipinski definition) is 0. The number of nitrogens with zero attached hydrogens (tertiary/aromatic N) is 5. The van der Waals surface area contributed by atoms with E-state index in [2.05, 4.69) is 228 Å². The molecule has 3 aromatic heterocycles. The van der Waals surface area contributed by atoms with Crippen LogP contribution in [-0.2, 0) is 0 Å². The van der Waals surface area contributed by atoms with E-state index in [4.69, 9.17) is 15.0 Å². The molecule has 0 aliphatic carbocycles. The lowest BCUT2D eigenvalue weighted by Crippen LogP contribution is -2.02. The maximum Gasteiger partial charge on any atom is 0.164 e. The molecule has 70 heavy (non-hydrogen) atoms. The number of rotatable bonds is 5. The molecule has 324 valence electrons. The highest BCUT2D eigenvalue weighted by Gasteiger charge is 2.23. The molecular formula is C65H39N5. The fourth-order valence-electron chi connectivity index (χ4n) is 11.3. The smallest absolute Gasteiger partial charge is 0.164 e. The molecule has 15 aromatic rings. The predicted molar refractivity (Wildman–Crippen MR) is 292 cm³/mol. The van der Waals surface area contributed by atoms with Gasteiger partial charge >= 0.3 is 0 Å². The highest BCUT2D eigenvalue weighted by Crippen LogP contribution is 2.44. The highest BCUT2D eigenvalue weighted by atomic mass is 15.0. The van der Waals surface area contributed by atoms with Crippen LogP contribution < -0.4 is 0 Å². The van der Waals surface area contributed by atoms with Gasteiger partial charge in [-0.3, -0.25) is 0 Å². The van der Waals surface area contributed by atoms with Crippen molar-refractivity contribution >= 4 is 97.5 Å². The Morgan fingerprint density at radius 3 is 1.47 bits per heavy atom. The molecular weight excluding hydrogens is 851 g/mol. The Bertz CT molecular complexity index is 4660. The normalized spacial score (nSPS) is 12.0. The van der Waals surface area contributed by atoms with Crippen molar-refractivity contribution in [1.82, 2.24) is 24.1 Å². The van der Waals surface area contributed by atoms with Gasteiger partial charge in [0.15, 0.2) is 17.5 Å². The van der Waals surface area contributed by atoms with Crippen LogP contribution in [0.1, 0.15) is 0 Å². The van der Waals surface area contributed by atoms with Crippen molar-refractivity contribution in [1.29, 1.82) is 0 Å². The molecule has 5 nitrogen and oxygen atoms in total. The van der Waals surface area contributed by atoms with Gasteiger partial charge in [-0.15, -0.1) is 0 Å². The molecule has 0 aliphatic rings. The molecule has 0 saturated heterocycles. The van der Waals surface area contributed by atoms with E-state index in [9.17, 15) is 0 Å². The Kier molecular flexibility index (Phi) is 8.29. The molecule has 15 rings (SSSR count). The average molecular weight is 890 g/mol. The first-order valence-electron chi connectivity index (χ1n) is 23.8. The molecule has 12 aromatic carbocycles. The van der Waals surface area contributed by atoms with Crippen LogP contribution in [0, 0.1) is 0 Å². The number of fused-ring (bicyclic) bond motifs is 12. The molecule has 0 aliphatic heterocycles. The van der Waals surface area contributed by atoms with Crippen LogP contribution in [-0.4, -0.2) is 24.1 Å². The summed E-state index contributed by atoms with van der Waals surface area (Å²) in [5.41, 5.74) is 9.71. The van der Waals surface area contributed by atoms with Gasteiger partial charge in [-0.1, -0.05) is 176 Å². The zero-order chi connectivity index (χ0) is 45.9. The van der Waals surface area contributed by atoms with Crippen LogP contribution in [0.2, 0.25) is 0 Å². The van der Waals surface area contributed by atoms with E-state index >= 15 is 0 Å². The minimum absolute atomic E-state index is 0.623. The molecule has 0 saturated carbocycles. The van der Waals surface area contributed by atoms with E-state index < -0.39 is 0 Å². The fraction of sp³-hybridized carbons (Fsp3) is 0. The Morgan fingerprint density at radius 1 is 0.243 bits per heavy atom. The fourth-order valence-corrected chi connectivity index (χ4v) is 11.3. The standard InChI is InChI=1S/C65H39N5/c1-2-17-40(18-3-1)63-66-64(68-65(67-63)54-37-45-23-8-9-24-46(45)47-25-10-11-26-48(47)54)52-33-34-57(50-28-13-12-27-49(50)52)70-59-32-16-31-58(62(59)55-36-42-20-5-7-22-44(42)39-61(55)70)69-56-30-15-14-29-51(56)53-35-41-19-4-6-21-43(41)38-60(53)69/h1-39H.